The molecule has 5 heteroatoms. The number of aromatic nitrogens is 3. The Hall–Kier alpha value is -1.20. The van der Waals surface area contributed by atoms with Crippen molar-refractivity contribution in [2.45, 2.75) is 26.9 Å². The number of nitrogens with one attached hydrogen (secondary N) is 1. The molecule has 0 radical (unpaired) electrons. The van der Waals surface area contributed by atoms with E-state index < -0.39 is 0 Å². The lowest BCUT2D eigenvalue weighted by atomic mass is 10.3. The van der Waals surface area contributed by atoms with Crippen molar-refractivity contribution >= 4 is 11.3 Å². The molecule has 0 aromatic carbocycles. The molecule has 0 aliphatic carbocycles. The summed E-state index contributed by atoms with van der Waals surface area (Å²) in [6.07, 6.45) is 0. The molecule has 2 aromatic rings. The Bertz CT molecular complexity index is 472. The number of hydrogen-bond acceptors (Lipinski definition) is 4. The van der Waals surface area contributed by atoms with E-state index in [0.29, 0.717) is 0 Å². The van der Waals surface area contributed by atoms with Crippen LogP contribution in [0.25, 0.3) is 0 Å². The van der Waals surface area contributed by atoms with Gasteiger partial charge < -0.3 is 5.32 Å². The average Bonchev–Trinajstić information content (AvgIpc) is 2.74. The van der Waals surface area contributed by atoms with E-state index in [0.717, 1.165) is 29.5 Å². The van der Waals surface area contributed by atoms with Gasteiger partial charge in [-0.1, -0.05) is 0 Å². The number of hydrogen-bond donors (Lipinski definition) is 1. The Morgan fingerprint density at radius 1 is 1.31 bits per heavy atom. The average molecular weight is 236 g/mol. The van der Waals surface area contributed by atoms with Gasteiger partial charge in [0.1, 0.15) is 5.01 Å². The van der Waals surface area contributed by atoms with E-state index in [1.165, 1.54) is 5.69 Å². The van der Waals surface area contributed by atoms with Crippen molar-refractivity contribution in [3.8, 4) is 0 Å². The van der Waals surface area contributed by atoms with Gasteiger partial charge in [0.25, 0.3) is 0 Å². The van der Waals surface area contributed by atoms with Crippen LogP contribution in [0.3, 0.4) is 0 Å². The lowest BCUT2D eigenvalue weighted by Crippen LogP contribution is -2.15. The largest absolute Gasteiger partial charge is 0.305 e. The molecule has 0 amide bonds. The quantitative estimate of drug-likeness (QED) is 0.880. The summed E-state index contributed by atoms with van der Waals surface area (Å²) in [5, 5.41) is 10.9. The molecule has 1 N–H and O–H groups in total. The molecular weight excluding hydrogens is 220 g/mol. The third-order valence-electron chi connectivity index (χ3n) is 2.35. The molecule has 0 aliphatic rings. The second-order valence-corrected chi connectivity index (χ2v) is 4.83. The molecule has 2 aromatic heterocycles. The summed E-state index contributed by atoms with van der Waals surface area (Å²) in [6.45, 7) is 5.68. The second-order valence-electron chi connectivity index (χ2n) is 3.89. The van der Waals surface area contributed by atoms with E-state index >= 15 is 0 Å². The first kappa shape index (κ1) is 11.3. The van der Waals surface area contributed by atoms with Gasteiger partial charge in [0.15, 0.2) is 0 Å². The normalized spacial score (nSPS) is 10.9. The van der Waals surface area contributed by atoms with Crippen molar-refractivity contribution in [3.63, 3.8) is 0 Å². The Labute approximate surface area is 99.3 Å². The van der Waals surface area contributed by atoms with E-state index in [9.17, 15) is 0 Å². The van der Waals surface area contributed by atoms with Gasteiger partial charge in [0, 0.05) is 31.2 Å². The van der Waals surface area contributed by atoms with Crippen molar-refractivity contribution in [2.75, 3.05) is 0 Å². The predicted octanol–water partition coefficient (Wildman–Crippen LogP) is 1.78. The van der Waals surface area contributed by atoms with Crippen molar-refractivity contribution in [1.29, 1.82) is 0 Å². The van der Waals surface area contributed by atoms with Crippen LogP contribution in [-0.2, 0) is 20.1 Å². The first-order valence-electron chi connectivity index (χ1n) is 5.26. The van der Waals surface area contributed by atoms with Gasteiger partial charge in [-0.3, -0.25) is 4.68 Å². The molecule has 0 unspecified atom stereocenters. The van der Waals surface area contributed by atoms with Crippen LogP contribution in [0.15, 0.2) is 11.4 Å². The fourth-order valence-electron chi connectivity index (χ4n) is 1.61. The number of thiazole rings is 1. The molecule has 16 heavy (non-hydrogen) atoms. The zero-order valence-corrected chi connectivity index (χ0v) is 10.6. The van der Waals surface area contributed by atoms with Crippen LogP contribution < -0.4 is 5.32 Å². The number of aryl methyl sites for hydroxylation is 3. The number of nitrogens with zero attached hydrogens (tertiary/aromatic N) is 3. The highest BCUT2D eigenvalue weighted by molar-refractivity contribution is 7.09. The molecule has 0 spiro atoms. The molecule has 4 nitrogen and oxygen atoms in total. The minimum Gasteiger partial charge on any atom is -0.305 e. The maximum absolute atomic E-state index is 4.40. The SMILES string of the molecule is Cc1csc(CNCc2cc(C)nn2C)n1. The lowest BCUT2D eigenvalue weighted by Gasteiger charge is -2.02. The molecule has 0 atom stereocenters. The van der Waals surface area contributed by atoms with Gasteiger partial charge in [-0.2, -0.15) is 5.10 Å². The highest BCUT2D eigenvalue weighted by Crippen LogP contribution is 2.08. The minimum atomic E-state index is 0.822. The molecule has 2 heterocycles. The molecule has 0 fully saturated rings. The van der Waals surface area contributed by atoms with E-state index in [4.69, 9.17) is 0 Å². The standard InChI is InChI=1S/C11H16N4S/c1-8-4-10(15(3)14-8)5-12-6-11-13-9(2)7-16-11/h4,7,12H,5-6H2,1-3H3. The van der Waals surface area contributed by atoms with Crippen LogP contribution in [0.1, 0.15) is 22.1 Å². The fraction of sp³-hybridized carbons (Fsp3) is 0.455. The lowest BCUT2D eigenvalue weighted by molar-refractivity contribution is 0.623. The molecule has 0 bridgehead atoms. The monoisotopic (exact) mass is 236 g/mol. The van der Waals surface area contributed by atoms with Crippen molar-refractivity contribution in [3.05, 3.63) is 33.5 Å². The van der Waals surface area contributed by atoms with Crippen LogP contribution >= 0.6 is 11.3 Å². The minimum absolute atomic E-state index is 0.822. The smallest absolute Gasteiger partial charge is 0.107 e. The van der Waals surface area contributed by atoms with Gasteiger partial charge in [0.2, 0.25) is 0 Å². The maximum Gasteiger partial charge on any atom is 0.107 e. The van der Waals surface area contributed by atoms with Gasteiger partial charge in [-0.15, -0.1) is 11.3 Å². The Balaban J connectivity index is 1.86. The summed E-state index contributed by atoms with van der Waals surface area (Å²) in [5.41, 5.74) is 3.35. The van der Waals surface area contributed by atoms with Crippen LogP contribution in [-0.4, -0.2) is 14.8 Å². The molecule has 0 aliphatic heterocycles. The molecule has 0 saturated heterocycles. The first-order chi connectivity index (χ1) is 7.65. The molecule has 2 rings (SSSR count). The predicted molar refractivity (Wildman–Crippen MR) is 65.3 cm³/mol. The van der Waals surface area contributed by atoms with E-state index in [2.05, 4.69) is 26.8 Å². The third-order valence-corrected chi connectivity index (χ3v) is 3.31. The second kappa shape index (κ2) is 4.76. The van der Waals surface area contributed by atoms with Crippen molar-refractivity contribution in [1.82, 2.24) is 20.1 Å². The van der Waals surface area contributed by atoms with Crippen LogP contribution in [0, 0.1) is 13.8 Å². The third kappa shape index (κ3) is 2.68. The summed E-state index contributed by atoms with van der Waals surface area (Å²) in [7, 11) is 1.97. The summed E-state index contributed by atoms with van der Waals surface area (Å²) in [5.74, 6) is 0. The number of rotatable bonds is 4. The highest BCUT2D eigenvalue weighted by atomic mass is 32.1. The molecular formula is C11H16N4S. The summed E-state index contributed by atoms with van der Waals surface area (Å²) >= 11 is 1.70. The van der Waals surface area contributed by atoms with E-state index in [1.54, 1.807) is 11.3 Å². The molecule has 0 saturated carbocycles. The topological polar surface area (TPSA) is 42.7 Å². The summed E-state index contributed by atoms with van der Waals surface area (Å²) in [4.78, 5) is 4.40. The van der Waals surface area contributed by atoms with Gasteiger partial charge in [-0.05, 0) is 19.9 Å². The fourth-order valence-corrected chi connectivity index (χ4v) is 2.35. The van der Waals surface area contributed by atoms with Gasteiger partial charge in [0.05, 0.1) is 11.4 Å². The zero-order valence-electron chi connectivity index (χ0n) is 9.82. The van der Waals surface area contributed by atoms with Gasteiger partial charge >= 0.3 is 0 Å². The Kier molecular flexibility index (Phi) is 3.36. The molecule has 86 valence electrons. The Morgan fingerprint density at radius 3 is 2.69 bits per heavy atom. The van der Waals surface area contributed by atoms with Crippen LogP contribution in [0.5, 0.6) is 0 Å². The van der Waals surface area contributed by atoms with Crippen molar-refractivity contribution < 1.29 is 0 Å². The van der Waals surface area contributed by atoms with Crippen LogP contribution in [0.4, 0.5) is 0 Å². The Morgan fingerprint density at radius 2 is 2.12 bits per heavy atom. The highest BCUT2D eigenvalue weighted by Gasteiger charge is 2.02. The summed E-state index contributed by atoms with van der Waals surface area (Å²) in [6, 6.07) is 2.10. The van der Waals surface area contributed by atoms with Crippen LogP contribution in [0.2, 0.25) is 0 Å². The van der Waals surface area contributed by atoms with Gasteiger partial charge in [-0.25, -0.2) is 4.98 Å². The maximum atomic E-state index is 4.40. The first-order valence-corrected chi connectivity index (χ1v) is 6.14. The van der Waals surface area contributed by atoms with E-state index in [1.807, 2.05) is 25.6 Å². The summed E-state index contributed by atoms with van der Waals surface area (Å²) < 4.78 is 1.91. The zero-order chi connectivity index (χ0) is 11.5. The van der Waals surface area contributed by atoms with E-state index in [-0.39, 0.29) is 0 Å². The van der Waals surface area contributed by atoms with Crippen molar-refractivity contribution in [2.24, 2.45) is 7.05 Å².